The number of fused-ring (bicyclic) bond motifs is 2. The Kier molecular flexibility index (Phi) is 5.74. The summed E-state index contributed by atoms with van der Waals surface area (Å²) in [6.45, 7) is 5.96. The van der Waals surface area contributed by atoms with E-state index >= 15 is 0 Å². The molecule has 1 N–H and O–H groups in total. The van der Waals surface area contributed by atoms with Crippen molar-refractivity contribution in [2.24, 2.45) is 11.8 Å². The molecule has 5 heteroatoms. The summed E-state index contributed by atoms with van der Waals surface area (Å²) in [5.74, 6) is 1.73. The van der Waals surface area contributed by atoms with E-state index in [1.54, 1.807) is 0 Å². The van der Waals surface area contributed by atoms with Gasteiger partial charge in [0.05, 0.1) is 46.2 Å². The van der Waals surface area contributed by atoms with Crippen molar-refractivity contribution in [3.63, 3.8) is 0 Å². The van der Waals surface area contributed by atoms with E-state index in [0.717, 1.165) is 49.2 Å². The average Bonchev–Trinajstić information content (AvgIpc) is 3.09. The molecule has 3 rings (SSSR count). The lowest BCUT2D eigenvalue weighted by atomic mass is 9.98. The summed E-state index contributed by atoms with van der Waals surface area (Å²) >= 11 is 0. The highest BCUT2D eigenvalue weighted by Gasteiger charge is 2.40. The lowest BCUT2D eigenvalue weighted by molar-refractivity contribution is -0.919. The molecule has 0 radical (unpaired) electrons. The number of ether oxygens (including phenoxy) is 3. The van der Waals surface area contributed by atoms with Gasteiger partial charge in [-0.1, -0.05) is 0 Å². The van der Waals surface area contributed by atoms with Crippen LogP contribution in [0.15, 0.2) is 0 Å². The molecule has 0 unspecified atom stereocenters. The van der Waals surface area contributed by atoms with Crippen LogP contribution in [0.4, 0.5) is 0 Å². The van der Waals surface area contributed by atoms with E-state index in [0.29, 0.717) is 25.9 Å². The molecule has 1 aliphatic heterocycles. The Labute approximate surface area is 134 Å². The first-order valence-corrected chi connectivity index (χ1v) is 8.93. The summed E-state index contributed by atoms with van der Waals surface area (Å²) in [5.41, 5.74) is 0. The molecule has 0 amide bonds. The van der Waals surface area contributed by atoms with E-state index in [1.165, 1.54) is 25.7 Å². The van der Waals surface area contributed by atoms with E-state index in [9.17, 15) is 5.11 Å². The van der Waals surface area contributed by atoms with Crippen molar-refractivity contribution in [3.05, 3.63) is 0 Å². The van der Waals surface area contributed by atoms with Gasteiger partial charge in [-0.3, -0.25) is 0 Å². The largest absolute Gasteiger partial charge is 0.385 e. The van der Waals surface area contributed by atoms with Crippen molar-refractivity contribution in [2.75, 3.05) is 59.7 Å². The van der Waals surface area contributed by atoms with Crippen molar-refractivity contribution in [2.45, 2.75) is 37.9 Å². The lowest BCUT2D eigenvalue weighted by Gasteiger charge is -2.38. The lowest BCUT2D eigenvalue weighted by Crippen LogP contribution is -2.55. The fourth-order valence-corrected chi connectivity index (χ4v) is 4.40. The minimum atomic E-state index is -0.398. The first-order chi connectivity index (χ1) is 10.6. The molecule has 128 valence electrons. The van der Waals surface area contributed by atoms with Gasteiger partial charge >= 0.3 is 0 Å². The van der Waals surface area contributed by atoms with Crippen LogP contribution in [0.2, 0.25) is 0 Å². The van der Waals surface area contributed by atoms with Crippen LogP contribution in [-0.4, -0.2) is 81.5 Å². The zero-order valence-corrected chi connectivity index (χ0v) is 13.9. The number of nitrogens with zero attached hydrogens (tertiary/aromatic N) is 1. The van der Waals surface area contributed by atoms with E-state index in [2.05, 4.69) is 7.05 Å². The van der Waals surface area contributed by atoms with Crippen molar-refractivity contribution >= 4 is 0 Å². The SMILES string of the molecule is C[N+]1(C[C@@H](O)COCCO[C@@H]2C[C@H]3CC[C@H]2C3)CCOCC1. The smallest absolute Gasteiger partial charge is 0.126 e. The van der Waals surface area contributed by atoms with Crippen LogP contribution in [0.3, 0.4) is 0 Å². The Morgan fingerprint density at radius 2 is 2.00 bits per heavy atom. The summed E-state index contributed by atoms with van der Waals surface area (Å²) < 4.78 is 17.8. The number of hydrogen-bond acceptors (Lipinski definition) is 4. The number of aliphatic hydroxyl groups is 1. The number of likely N-dealkylation sites (N-methyl/N-ethyl adjacent to an activating group) is 1. The zero-order chi connectivity index (χ0) is 15.4. The minimum Gasteiger partial charge on any atom is -0.385 e. The van der Waals surface area contributed by atoms with Crippen LogP contribution in [-0.2, 0) is 14.2 Å². The Hall–Kier alpha value is -0.200. The van der Waals surface area contributed by atoms with Crippen LogP contribution in [0.5, 0.6) is 0 Å². The van der Waals surface area contributed by atoms with Gasteiger partial charge < -0.3 is 23.8 Å². The summed E-state index contributed by atoms with van der Waals surface area (Å²) in [7, 11) is 2.18. The summed E-state index contributed by atoms with van der Waals surface area (Å²) in [5, 5.41) is 10.1. The molecule has 22 heavy (non-hydrogen) atoms. The molecule has 2 aliphatic carbocycles. The summed E-state index contributed by atoms with van der Waals surface area (Å²) in [6.07, 6.45) is 5.48. The van der Waals surface area contributed by atoms with Crippen LogP contribution in [0.1, 0.15) is 25.7 Å². The molecule has 0 aromatic rings. The standard InChI is InChI=1S/C17H32NO4/c1-18(4-6-20-7-5-18)12-16(19)13-21-8-9-22-17-11-14-2-3-15(17)10-14/h14-17,19H,2-13H2,1H3/q+1/t14-,15-,16+,17+/m0/s1. The molecule has 2 bridgehead atoms. The Morgan fingerprint density at radius 1 is 1.18 bits per heavy atom. The van der Waals surface area contributed by atoms with E-state index in [4.69, 9.17) is 14.2 Å². The molecule has 1 heterocycles. The van der Waals surface area contributed by atoms with Gasteiger partial charge in [0.15, 0.2) is 0 Å². The second-order valence-electron chi connectivity index (χ2n) is 7.67. The second kappa shape index (κ2) is 7.58. The van der Waals surface area contributed by atoms with E-state index in [-0.39, 0.29) is 0 Å². The fraction of sp³-hybridized carbons (Fsp3) is 1.00. The monoisotopic (exact) mass is 314 g/mol. The molecule has 1 saturated heterocycles. The fourth-order valence-electron chi connectivity index (χ4n) is 4.40. The molecule has 0 aromatic heterocycles. The Bertz CT molecular complexity index is 346. The number of hydrogen-bond donors (Lipinski definition) is 1. The second-order valence-corrected chi connectivity index (χ2v) is 7.67. The third-order valence-electron chi connectivity index (χ3n) is 5.75. The third kappa shape index (κ3) is 4.42. The Morgan fingerprint density at radius 3 is 2.68 bits per heavy atom. The van der Waals surface area contributed by atoms with Crippen molar-refractivity contribution in [1.82, 2.24) is 0 Å². The van der Waals surface area contributed by atoms with Crippen LogP contribution in [0.25, 0.3) is 0 Å². The highest BCUT2D eigenvalue weighted by molar-refractivity contribution is 4.90. The topological polar surface area (TPSA) is 47.9 Å². The van der Waals surface area contributed by atoms with Gasteiger partial charge in [-0.15, -0.1) is 0 Å². The molecule has 0 aromatic carbocycles. The Balaban J connectivity index is 1.24. The van der Waals surface area contributed by atoms with Gasteiger partial charge in [0, 0.05) is 0 Å². The predicted molar refractivity (Wildman–Crippen MR) is 83.6 cm³/mol. The maximum absolute atomic E-state index is 10.1. The van der Waals surface area contributed by atoms with Gasteiger partial charge in [-0.2, -0.15) is 0 Å². The molecule has 0 spiro atoms. The number of rotatable bonds is 8. The highest BCUT2D eigenvalue weighted by atomic mass is 16.5. The van der Waals surface area contributed by atoms with Crippen LogP contribution < -0.4 is 0 Å². The molecule has 2 saturated carbocycles. The maximum Gasteiger partial charge on any atom is 0.126 e. The van der Waals surface area contributed by atoms with E-state index in [1.807, 2.05) is 0 Å². The normalized spacial score (nSPS) is 34.9. The molecular weight excluding hydrogens is 282 g/mol. The van der Waals surface area contributed by atoms with Gasteiger partial charge in [-0.05, 0) is 37.5 Å². The van der Waals surface area contributed by atoms with Crippen molar-refractivity contribution in [1.29, 1.82) is 0 Å². The van der Waals surface area contributed by atoms with Crippen molar-refractivity contribution < 1.29 is 23.8 Å². The number of morpholine rings is 1. The molecular formula is C17H32NO4+. The molecule has 5 nitrogen and oxygen atoms in total. The molecule has 4 atom stereocenters. The molecule has 3 aliphatic rings. The van der Waals surface area contributed by atoms with Gasteiger partial charge in [0.2, 0.25) is 0 Å². The zero-order valence-electron chi connectivity index (χ0n) is 13.9. The average molecular weight is 314 g/mol. The quantitative estimate of drug-likeness (QED) is 0.537. The van der Waals surface area contributed by atoms with Gasteiger partial charge in [-0.25, -0.2) is 0 Å². The van der Waals surface area contributed by atoms with Crippen LogP contribution in [0, 0.1) is 11.8 Å². The molecule has 3 fully saturated rings. The highest BCUT2D eigenvalue weighted by Crippen LogP contribution is 2.45. The number of quaternary nitrogens is 1. The third-order valence-corrected chi connectivity index (χ3v) is 5.75. The van der Waals surface area contributed by atoms with E-state index < -0.39 is 6.10 Å². The first kappa shape index (κ1) is 16.7. The summed E-state index contributed by atoms with van der Waals surface area (Å²) in [6, 6.07) is 0. The van der Waals surface area contributed by atoms with Crippen molar-refractivity contribution in [3.8, 4) is 0 Å². The first-order valence-electron chi connectivity index (χ1n) is 8.93. The predicted octanol–water partition coefficient (Wildman–Crippen LogP) is 1.05. The van der Waals surface area contributed by atoms with Gasteiger partial charge in [0.1, 0.15) is 25.7 Å². The minimum absolute atomic E-state index is 0.398. The number of aliphatic hydroxyl groups excluding tert-OH is 1. The van der Waals surface area contributed by atoms with Crippen LogP contribution >= 0.6 is 0 Å². The summed E-state index contributed by atoms with van der Waals surface area (Å²) in [4.78, 5) is 0. The maximum atomic E-state index is 10.1. The van der Waals surface area contributed by atoms with Gasteiger partial charge in [0.25, 0.3) is 0 Å².